The summed E-state index contributed by atoms with van der Waals surface area (Å²) in [6.07, 6.45) is 3.26. The highest BCUT2D eigenvalue weighted by molar-refractivity contribution is 6.30. The van der Waals surface area contributed by atoms with Gasteiger partial charge >= 0.3 is 0 Å². The largest absolute Gasteiger partial charge is 0.368 e. The van der Waals surface area contributed by atoms with E-state index < -0.39 is 0 Å². The molecule has 2 saturated heterocycles. The first-order valence-electron chi connectivity index (χ1n) is 9.65. The first kappa shape index (κ1) is 19.0. The number of hydrogen-bond acceptors (Lipinski definition) is 3. The molecule has 5 nitrogen and oxygen atoms in total. The van der Waals surface area contributed by atoms with Crippen LogP contribution in [-0.2, 0) is 9.59 Å². The van der Waals surface area contributed by atoms with E-state index in [0.717, 1.165) is 62.7 Å². The van der Waals surface area contributed by atoms with E-state index in [1.807, 2.05) is 34.9 Å². The van der Waals surface area contributed by atoms with Crippen molar-refractivity contribution in [3.05, 3.63) is 29.3 Å². The van der Waals surface area contributed by atoms with E-state index in [2.05, 4.69) is 11.0 Å². The van der Waals surface area contributed by atoms with Crippen LogP contribution in [0.3, 0.4) is 0 Å². The molecule has 2 amide bonds. The van der Waals surface area contributed by atoms with E-state index in [1.54, 1.807) is 0 Å². The van der Waals surface area contributed by atoms with Gasteiger partial charge in [-0.2, -0.15) is 0 Å². The summed E-state index contributed by atoms with van der Waals surface area (Å²) >= 11 is 6.08. The molecule has 0 saturated carbocycles. The molecule has 2 fully saturated rings. The minimum absolute atomic E-state index is 0.0396. The smallest absolute Gasteiger partial charge is 0.227 e. The van der Waals surface area contributed by atoms with Crippen LogP contribution in [-0.4, -0.2) is 60.9 Å². The van der Waals surface area contributed by atoms with E-state index in [1.165, 1.54) is 0 Å². The van der Waals surface area contributed by atoms with Gasteiger partial charge in [0, 0.05) is 56.4 Å². The average molecular weight is 378 g/mol. The van der Waals surface area contributed by atoms with Gasteiger partial charge in [-0.15, -0.1) is 0 Å². The third-order valence-corrected chi connectivity index (χ3v) is 5.59. The molecule has 1 aromatic rings. The monoisotopic (exact) mass is 377 g/mol. The van der Waals surface area contributed by atoms with Crippen LogP contribution in [0.15, 0.2) is 24.3 Å². The highest BCUT2D eigenvalue weighted by Crippen LogP contribution is 2.23. The van der Waals surface area contributed by atoms with Crippen LogP contribution < -0.4 is 4.90 Å². The molecule has 26 heavy (non-hydrogen) atoms. The van der Waals surface area contributed by atoms with Crippen molar-refractivity contribution in [3.8, 4) is 0 Å². The van der Waals surface area contributed by atoms with Gasteiger partial charge in [0.15, 0.2) is 0 Å². The molecule has 2 aliphatic rings. The Morgan fingerprint density at radius 1 is 1.12 bits per heavy atom. The lowest BCUT2D eigenvalue weighted by Crippen LogP contribution is -2.53. The van der Waals surface area contributed by atoms with Crippen molar-refractivity contribution >= 4 is 29.1 Å². The van der Waals surface area contributed by atoms with E-state index >= 15 is 0 Å². The van der Waals surface area contributed by atoms with Gasteiger partial charge in [-0.25, -0.2) is 0 Å². The number of carbonyl (C=O) groups excluding carboxylic acids is 2. The van der Waals surface area contributed by atoms with Crippen molar-refractivity contribution in [2.45, 2.75) is 32.6 Å². The molecule has 2 aliphatic heterocycles. The Morgan fingerprint density at radius 3 is 2.58 bits per heavy atom. The Hall–Kier alpha value is -1.75. The summed E-state index contributed by atoms with van der Waals surface area (Å²) in [4.78, 5) is 31.2. The van der Waals surface area contributed by atoms with Gasteiger partial charge < -0.3 is 14.7 Å². The number of benzene rings is 1. The molecule has 3 rings (SSSR count). The Bertz CT molecular complexity index is 644. The van der Waals surface area contributed by atoms with Crippen LogP contribution in [0.5, 0.6) is 0 Å². The number of anilines is 1. The molecule has 142 valence electrons. The van der Waals surface area contributed by atoms with Crippen LogP contribution in [0.1, 0.15) is 32.6 Å². The van der Waals surface area contributed by atoms with Crippen molar-refractivity contribution in [3.63, 3.8) is 0 Å². The maximum atomic E-state index is 12.9. The molecule has 0 spiro atoms. The minimum Gasteiger partial charge on any atom is -0.368 e. The molecule has 0 aromatic heterocycles. The first-order valence-corrected chi connectivity index (χ1v) is 10.0. The normalized spacial score (nSPS) is 21.0. The molecular weight excluding hydrogens is 350 g/mol. The zero-order chi connectivity index (χ0) is 18.5. The van der Waals surface area contributed by atoms with Gasteiger partial charge in [0.1, 0.15) is 0 Å². The lowest BCUT2D eigenvalue weighted by Gasteiger charge is -2.39. The lowest BCUT2D eigenvalue weighted by molar-refractivity contribution is -0.141. The number of nitrogens with zero attached hydrogens (tertiary/aromatic N) is 3. The predicted octanol–water partition coefficient (Wildman–Crippen LogP) is 3.03. The summed E-state index contributed by atoms with van der Waals surface area (Å²) in [5, 5.41) is 0.736. The van der Waals surface area contributed by atoms with Crippen LogP contribution in [0.4, 0.5) is 5.69 Å². The Balaban J connectivity index is 1.54. The number of carbonyl (C=O) groups is 2. The van der Waals surface area contributed by atoms with E-state index in [9.17, 15) is 9.59 Å². The number of piperazine rings is 1. The number of amides is 2. The molecule has 0 radical (unpaired) electrons. The molecule has 1 unspecified atom stereocenters. The van der Waals surface area contributed by atoms with Crippen molar-refractivity contribution < 1.29 is 9.59 Å². The highest BCUT2D eigenvalue weighted by Gasteiger charge is 2.32. The zero-order valence-electron chi connectivity index (χ0n) is 15.5. The van der Waals surface area contributed by atoms with Gasteiger partial charge in [-0.3, -0.25) is 9.59 Å². The Kier molecular flexibility index (Phi) is 6.41. The Morgan fingerprint density at radius 2 is 1.88 bits per heavy atom. The van der Waals surface area contributed by atoms with Gasteiger partial charge in [0.2, 0.25) is 11.8 Å². The van der Waals surface area contributed by atoms with E-state index in [4.69, 9.17) is 11.6 Å². The second-order valence-electron chi connectivity index (χ2n) is 7.22. The van der Waals surface area contributed by atoms with Gasteiger partial charge in [-0.05, 0) is 37.5 Å². The molecular formula is C20H28ClN3O2. The summed E-state index contributed by atoms with van der Waals surface area (Å²) < 4.78 is 0. The fourth-order valence-corrected chi connectivity index (χ4v) is 4.08. The molecule has 0 bridgehead atoms. The van der Waals surface area contributed by atoms with Crippen molar-refractivity contribution in [1.29, 1.82) is 0 Å². The van der Waals surface area contributed by atoms with E-state index in [-0.39, 0.29) is 17.7 Å². The average Bonchev–Trinajstić information content (AvgIpc) is 2.68. The van der Waals surface area contributed by atoms with E-state index in [0.29, 0.717) is 13.0 Å². The fraction of sp³-hybridized carbons (Fsp3) is 0.600. The van der Waals surface area contributed by atoms with Gasteiger partial charge in [0.25, 0.3) is 0 Å². The second kappa shape index (κ2) is 8.76. The summed E-state index contributed by atoms with van der Waals surface area (Å²) in [6, 6.07) is 7.86. The number of piperidine rings is 1. The van der Waals surface area contributed by atoms with Crippen LogP contribution in [0, 0.1) is 5.92 Å². The molecule has 0 N–H and O–H groups in total. The third kappa shape index (κ3) is 4.50. The molecule has 6 heteroatoms. The zero-order valence-corrected chi connectivity index (χ0v) is 16.2. The number of rotatable bonds is 4. The lowest BCUT2D eigenvalue weighted by atomic mass is 9.95. The molecule has 1 atom stereocenters. The maximum absolute atomic E-state index is 12.9. The van der Waals surface area contributed by atoms with Crippen LogP contribution in [0.2, 0.25) is 5.02 Å². The summed E-state index contributed by atoms with van der Waals surface area (Å²) in [5.41, 5.74) is 1.11. The fourth-order valence-electron chi connectivity index (χ4n) is 3.89. The SMILES string of the molecule is CCCC(=O)N1CCCC(C(=O)N2CCN(c3cccc(Cl)c3)CC2)C1. The molecule has 2 heterocycles. The maximum Gasteiger partial charge on any atom is 0.227 e. The summed E-state index contributed by atoms with van der Waals surface area (Å²) in [6.45, 7) is 6.49. The minimum atomic E-state index is -0.0396. The second-order valence-corrected chi connectivity index (χ2v) is 7.66. The predicted molar refractivity (Wildman–Crippen MR) is 104 cm³/mol. The summed E-state index contributed by atoms with van der Waals surface area (Å²) in [7, 11) is 0. The topological polar surface area (TPSA) is 43.9 Å². The van der Waals surface area contributed by atoms with Crippen molar-refractivity contribution in [2.24, 2.45) is 5.92 Å². The molecule has 1 aromatic carbocycles. The quantitative estimate of drug-likeness (QED) is 0.810. The molecule has 0 aliphatic carbocycles. The number of halogens is 1. The first-order chi connectivity index (χ1) is 12.6. The standard InChI is InChI=1S/C20H28ClN3O2/c1-2-5-19(25)24-9-4-6-16(15-24)20(26)23-12-10-22(11-13-23)18-8-3-7-17(21)14-18/h3,7-8,14,16H,2,4-6,9-13,15H2,1H3. The van der Waals surface area contributed by atoms with Crippen LogP contribution >= 0.6 is 11.6 Å². The van der Waals surface area contributed by atoms with Crippen molar-refractivity contribution in [2.75, 3.05) is 44.2 Å². The summed E-state index contributed by atoms with van der Waals surface area (Å²) in [5.74, 6) is 0.364. The highest BCUT2D eigenvalue weighted by atomic mass is 35.5. The third-order valence-electron chi connectivity index (χ3n) is 5.35. The number of likely N-dealkylation sites (tertiary alicyclic amines) is 1. The van der Waals surface area contributed by atoms with Gasteiger partial charge in [0.05, 0.1) is 5.92 Å². The van der Waals surface area contributed by atoms with Crippen LogP contribution in [0.25, 0.3) is 0 Å². The Labute approximate surface area is 160 Å². The van der Waals surface area contributed by atoms with Crippen molar-refractivity contribution in [1.82, 2.24) is 9.80 Å². The number of hydrogen-bond donors (Lipinski definition) is 0. The van der Waals surface area contributed by atoms with Gasteiger partial charge in [-0.1, -0.05) is 24.6 Å².